The SMILES string of the molecule is O=c1c2cc([N+](=O)[O-])ccc2nc(CN2CCN(CCO)CC2)n1-c1ccccc1F. The van der Waals surface area contributed by atoms with E-state index in [9.17, 15) is 19.3 Å². The molecule has 0 atom stereocenters. The van der Waals surface area contributed by atoms with Crippen molar-refractivity contribution in [1.29, 1.82) is 0 Å². The van der Waals surface area contributed by atoms with Crippen LogP contribution in [-0.2, 0) is 6.54 Å². The third-order valence-electron chi connectivity index (χ3n) is 5.47. The Bertz CT molecular complexity index is 1170. The lowest BCUT2D eigenvalue weighted by Gasteiger charge is -2.34. The van der Waals surface area contributed by atoms with E-state index in [-0.39, 0.29) is 23.4 Å². The molecule has 2 aromatic carbocycles. The van der Waals surface area contributed by atoms with Crippen molar-refractivity contribution in [1.82, 2.24) is 19.4 Å². The Morgan fingerprint density at radius 3 is 2.48 bits per heavy atom. The van der Waals surface area contributed by atoms with Crippen LogP contribution in [0.1, 0.15) is 5.82 Å². The highest BCUT2D eigenvalue weighted by Crippen LogP contribution is 2.21. The van der Waals surface area contributed by atoms with Crippen molar-refractivity contribution in [2.45, 2.75) is 6.54 Å². The summed E-state index contributed by atoms with van der Waals surface area (Å²) >= 11 is 0. The van der Waals surface area contributed by atoms with Gasteiger partial charge in [0.15, 0.2) is 0 Å². The summed E-state index contributed by atoms with van der Waals surface area (Å²) in [4.78, 5) is 32.8. The normalized spacial score (nSPS) is 15.4. The first-order valence-corrected chi connectivity index (χ1v) is 9.98. The molecule has 31 heavy (non-hydrogen) atoms. The molecule has 0 bridgehead atoms. The van der Waals surface area contributed by atoms with E-state index in [4.69, 9.17) is 5.11 Å². The van der Waals surface area contributed by atoms with Crippen molar-refractivity contribution >= 4 is 16.6 Å². The maximum Gasteiger partial charge on any atom is 0.270 e. The van der Waals surface area contributed by atoms with E-state index < -0.39 is 16.3 Å². The maximum atomic E-state index is 14.6. The summed E-state index contributed by atoms with van der Waals surface area (Å²) in [5, 5.41) is 20.3. The Hall–Kier alpha value is -3.21. The highest BCUT2D eigenvalue weighted by atomic mass is 19.1. The van der Waals surface area contributed by atoms with Crippen LogP contribution in [0.5, 0.6) is 0 Å². The van der Waals surface area contributed by atoms with Gasteiger partial charge in [-0.15, -0.1) is 0 Å². The largest absolute Gasteiger partial charge is 0.395 e. The Morgan fingerprint density at radius 2 is 1.81 bits per heavy atom. The van der Waals surface area contributed by atoms with Crippen molar-refractivity contribution in [3.63, 3.8) is 0 Å². The summed E-state index contributed by atoms with van der Waals surface area (Å²) in [7, 11) is 0. The molecule has 1 aromatic heterocycles. The third kappa shape index (κ3) is 4.31. The van der Waals surface area contributed by atoms with Gasteiger partial charge in [0.05, 0.1) is 34.7 Å². The molecule has 1 aliphatic heterocycles. The molecule has 1 aliphatic rings. The monoisotopic (exact) mass is 427 g/mol. The molecular formula is C21H22FN5O4. The van der Waals surface area contributed by atoms with Gasteiger partial charge in [-0.05, 0) is 18.2 Å². The Kier molecular flexibility index (Phi) is 6.03. The predicted octanol–water partition coefficient (Wildman–Crippen LogP) is 1.54. The molecule has 1 N–H and O–H groups in total. The zero-order valence-electron chi connectivity index (χ0n) is 16.8. The number of hydrogen-bond acceptors (Lipinski definition) is 7. The number of benzene rings is 2. The number of nitro groups is 1. The molecule has 1 saturated heterocycles. The van der Waals surface area contributed by atoms with Gasteiger partial charge in [0, 0.05) is 44.9 Å². The van der Waals surface area contributed by atoms with E-state index in [2.05, 4.69) is 14.8 Å². The zero-order valence-corrected chi connectivity index (χ0v) is 16.8. The number of aliphatic hydroxyl groups is 1. The second-order valence-corrected chi connectivity index (χ2v) is 7.42. The van der Waals surface area contributed by atoms with Gasteiger partial charge in [-0.3, -0.25) is 29.3 Å². The minimum atomic E-state index is -0.579. The van der Waals surface area contributed by atoms with Crippen LogP contribution in [-0.4, -0.2) is 68.7 Å². The fourth-order valence-corrected chi connectivity index (χ4v) is 3.83. The van der Waals surface area contributed by atoms with Crippen LogP contribution in [0.25, 0.3) is 16.6 Å². The topological polar surface area (TPSA) is 105 Å². The molecule has 0 spiro atoms. The van der Waals surface area contributed by atoms with Crippen molar-refractivity contribution in [2.75, 3.05) is 39.3 Å². The van der Waals surface area contributed by atoms with Crippen LogP contribution < -0.4 is 5.56 Å². The molecule has 2 heterocycles. The lowest BCUT2D eigenvalue weighted by molar-refractivity contribution is -0.384. The van der Waals surface area contributed by atoms with E-state index in [1.54, 1.807) is 6.07 Å². The summed E-state index contributed by atoms with van der Waals surface area (Å²) in [6.45, 7) is 4.00. The Morgan fingerprint density at radius 1 is 1.10 bits per heavy atom. The Labute approximate surface area is 177 Å². The second-order valence-electron chi connectivity index (χ2n) is 7.42. The maximum absolute atomic E-state index is 14.6. The fraction of sp³-hybridized carbons (Fsp3) is 0.333. The van der Waals surface area contributed by atoms with Crippen LogP contribution in [0.2, 0.25) is 0 Å². The van der Waals surface area contributed by atoms with Gasteiger partial charge in [0.25, 0.3) is 11.2 Å². The summed E-state index contributed by atoms with van der Waals surface area (Å²) in [5.41, 5.74) is -0.383. The molecule has 0 radical (unpaired) electrons. The lowest BCUT2D eigenvalue weighted by Crippen LogP contribution is -2.47. The Balaban J connectivity index is 1.79. The number of aliphatic hydroxyl groups excluding tert-OH is 1. The van der Waals surface area contributed by atoms with E-state index in [0.717, 1.165) is 13.1 Å². The van der Waals surface area contributed by atoms with Gasteiger partial charge in [0.1, 0.15) is 11.6 Å². The molecule has 0 aliphatic carbocycles. The molecule has 1 fully saturated rings. The van der Waals surface area contributed by atoms with Crippen molar-refractivity contribution in [2.24, 2.45) is 0 Å². The number of para-hydroxylation sites is 1. The molecule has 10 heteroatoms. The quantitative estimate of drug-likeness (QED) is 0.470. The molecule has 0 saturated carbocycles. The molecule has 9 nitrogen and oxygen atoms in total. The van der Waals surface area contributed by atoms with Crippen molar-refractivity contribution in [3.05, 3.63) is 74.6 Å². The third-order valence-corrected chi connectivity index (χ3v) is 5.47. The van der Waals surface area contributed by atoms with E-state index in [1.165, 1.54) is 41.0 Å². The number of aromatic nitrogens is 2. The molecule has 3 aromatic rings. The zero-order chi connectivity index (χ0) is 22.0. The first-order valence-electron chi connectivity index (χ1n) is 9.98. The number of nitrogens with zero attached hydrogens (tertiary/aromatic N) is 5. The molecule has 162 valence electrons. The minimum Gasteiger partial charge on any atom is -0.395 e. The van der Waals surface area contributed by atoms with Crippen LogP contribution in [0.4, 0.5) is 10.1 Å². The average molecular weight is 427 g/mol. The highest BCUT2D eigenvalue weighted by Gasteiger charge is 2.22. The number of nitro benzene ring substituents is 1. The van der Waals surface area contributed by atoms with Crippen LogP contribution in [0.15, 0.2) is 47.3 Å². The first kappa shape index (κ1) is 21.0. The summed E-state index contributed by atoms with van der Waals surface area (Å²) in [5.74, 6) is -0.211. The number of halogens is 1. The van der Waals surface area contributed by atoms with Gasteiger partial charge >= 0.3 is 0 Å². The van der Waals surface area contributed by atoms with Gasteiger partial charge in [-0.25, -0.2) is 9.37 Å². The number of rotatable bonds is 6. The van der Waals surface area contributed by atoms with E-state index in [0.29, 0.717) is 37.5 Å². The molecule has 0 unspecified atom stereocenters. The number of β-amino-alcohol motifs (C(OH)–C–C–N with tert-alkyl or cyclic N) is 1. The van der Waals surface area contributed by atoms with Gasteiger partial charge in [-0.2, -0.15) is 0 Å². The standard InChI is InChI=1S/C21H22FN5O4/c22-17-3-1-2-4-19(17)26-20(14-25-9-7-24(8-10-25)11-12-28)23-18-6-5-15(27(30)31)13-16(18)21(26)29/h1-6,13,28H,7-12,14H2. The second kappa shape index (κ2) is 8.88. The summed E-state index contributed by atoms with van der Waals surface area (Å²) in [6.07, 6.45) is 0. The average Bonchev–Trinajstić information content (AvgIpc) is 2.76. The van der Waals surface area contributed by atoms with Gasteiger partial charge < -0.3 is 5.11 Å². The fourth-order valence-electron chi connectivity index (χ4n) is 3.83. The lowest BCUT2D eigenvalue weighted by atomic mass is 10.2. The number of non-ortho nitro benzene ring substituents is 1. The van der Waals surface area contributed by atoms with Crippen LogP contribution in [0, 0.1) is 15.9 Å². The van der Waals surface area contributed by atoms with E-state index >= 15 is 0 Å². The molecule has 4 rings (SSSR count). The van der Waals surface area contributed by atoms with Crippen LogP contribution >= 0.6 is 0 Å². The highest BCUT2D eigenvalue weighted by molar-refractivity contribution is 5.80. The van der Waals surface area contributed by atoms with Gasteiger partial charge in [-0.1, -0.05) is 12.1 Å². The number of fused-ring (bicyclic) bond motifs is 1. The number of piperazine rings is 1. The smallest absolute Gasteiger partial charge is 0.270 e. The van der Waals surface area contributed by atoms with Gasteiger partial charge in [0.2, 0.25) is 0 Å². The summed E-state index contributed by atoms with van der Waals surface area (Å²) in [6, 6.07) is 9.84. The first-order chi connectivity index (χ1) is 15.0. The molecule has 0 amide bonds. The summed E-state index contributed by atoms with van der Waals surface area (Å²) < 4.78 is 15.8. The van der Waals surface area contributed by atoms with Crippen molar-refractivity contribution in [3.8, 4) is 5.69 Å². The molecular weight excluding hydrogens is 405 g/mol. The van der Waals surface area contributed by atoms with Crippen LogP contribution in [0.3, 0.4) is 0 Å². The van der Waals surface area contributed by atoms with Crippen molar-refractivity contribution < 1.29 is 14.4 Å². The number of hydrogen-bond donors (Lipinski definition) is 1. The predicted molar refractivity (Wildman–Crippen MR) is 113 cm³/mol. The van der Waals surface area contributed by atoms with E-state index in [1.807, 2.05) is 0 Å². The minimum absolute atomic E-state index is 0.0577.